The van der Waals surface area contributed by atoms with Crippen LogP contribution in [0.15, 0.2) is 42.7 Å². The minimum Gasteiger partial charge on any atom is -0.336 e. The Bertz CT molecular complexity index is 1020. The van der Waals surface area contributed by atoms with E-state index >= 15 is 0 Å². The van der Waals surface area contributed by atoms with Gasteiger partial charge in [0.05, 0.1) is 5.56 Å². The van der Waals surface area contributed by atoms with Crippen molar-refractivity contribution in [1.82, 2.24) is 24.3 Å². The second kappa shape index (κ2) is 7.28. The first-order valence-corrected chi connectivity index (χ1v) is 9.73. The van der Waals surface area contributed by atoms with Crippen molar-refractivity contribution in [1.29, 1.82) is 0 Å². The van der Waals surface area contributed by atoms with Gasteiger partial charge in [0.1, 0.15) is 11.9 Å². The fraction of sp³-hybridized carbons (Fsp3) is 0.364. The largest absolute Gasteiger partial charge is 0.336 e. The smallest absolute Gasteiger partial charge is 0.256 e. The molecule has 1 unspecified atom stereocenters. The maximum absolute atomic E-state index is 13.6. The van der Waals surface area contributed by atoms with E-state index in [1.807, 2.05) is 47.8 Å². The van der Waals surface area contributed by atoms with Crippen molar-refractivity contribution in [3.05, 3.63) is 71.1 Å². The molecule has 1 aliphatic rings. The van der Waals surface area contributed by atoms with Crippen molar-refractivity contribution >= 4 is 5.91 Å². The second-order valence-electron chi connectivity index (χ2n) is 7.52. The number of aromatic nitrogens is 3. The van der Waals surface area contributed by atoms with Crippen molar-refractivity contribution in [2.45, 2.75) is 26.8 Å². The van der Waals surface area contributed by atoms with E-state index in [4.69, 9.17) is 0 Å². The van der Waals surface area contributed by atoms with Crippen molar-refractivity contribution in [2.24, 2.45) is 7.05 Å². The number of piperazine rings is 1. The Hall–Kier alpha value is -2.86. The molecule has 146 valence electrons. The molecule has 1 N–H and O–H groups in total. The molecule has 1 aromatic carbocycles. The van der Waals surface area contributed by atoms with Gasteiger partial charge in [0.15, 0.2) is 0 Å². The van der Waals surface area contributed by atoms with Crippen LogP contribution in [-0.4, -0.2) is 44.6 Å². The zero-order valence-electron chi connectivity index (χ0n) is 16.9. The lowest BCUT2D eigenvalue weighted by molar-refractivity contribution is 0.0620. The highest BCUT2D eigenvalue weighted by molar-refractivity contribution is 5.96. The number of carbonyl (C=O) groups is 1. The van der Waals surface area contributed by atoms with Crippen LogP contribution < -0.4 is 5.32 Å². The molecule has 1 aliphatic heterocycles. The van der Waals surface area contributed by atoms with Gasteiger partial charge in [-0.3, -0.25) is 4.79 Å². The zero-order chi connectivity index (χ0) is 19.8. The molecule has 1 fully saturated rings. The van der Waals surface area contributed by atoms with Gasteiger partial charge in [-0.1, -0.05) is 18.2 Å². The van der Waals surface area contributed by atoms with E-state index in [1.54, 1.807) is 6.20 Å². The minimum atomic E-state index is -0.0669. The van der Waals surface area contributed by atoms with Gasteiger partial charge in [0, 0.05) is 56.2 Å². The number of hydrogen-bond acceptors (Lipinski definition) is 3. The van der Waals surface area contributed by atoms with Crippen LogP contribution in [0.1, 0.15) is 39.2 Å². The molecule has 1 saturated heterocycles. The minimum absolute atomic E-state index is 0.0669. The molecular weight excluding hydrogens is 350 g/mol. The van der Waals surface area contributed by atoms with E-state index in [-0.39, 0.29) is 11.9 Å². The molecule has 0 radical (unpaired) electrons. The van der Waals surface area contributed by atoms with E-state index in [9.17, 15) is 4.79 Å². The molecule has 1 amide bonds. The Labute approximate surface area is 165 Å². The van der Waals surface area contributed by atoms with Crippen LogP contribution in [0.25, 0.3) is 5.69 Å². The number of carbonyl (C=O) groups excluding carboxylic acids is 1. The lowest BCUT2D eigenvalue weighted by atomic mass is 10.1. The van der Waals surface area contributed by atoms with Crippen LogP contribution in [0.4, 0.5) is 0 Å². The number of hydrogen-bond donors (Lipinski definition) is 1. The number of aryl methyl sites for hydroxylation is 3. The maximum Gasteiger partial charge on any atom is 0.256 e. The van der Waals surface area contributed by atoms with Crippen LogP contribution in [0.2, 0.25) is 0 Å². The number of nitrogens with zero attached hydrogens (tertiary/aromatic N) is 4. The van der Waals surface area contributed by atoms with Crippen molar-refractivity contribution < 1.29 is 4.79 Å². The van der Waals surface area contributed by atoms with E-state index in [0.29, 0.717) is 13.1 Å². The predicted molar refractivity (Wildman–Crippen MR) is 110 cm³/mol. The van der Waals surface area contributed by atoms with Crippen molar-refractivity contribution in [3.63, 3.8) is 0 Å². The number of para-hydroxylation sites is 1. The summed E-state index contributed by atoms with van der Waals surface area (Å²) in [6.07, 6.45) is 3.72. The topological polar surface area (TPSA) is 55.1 Å². The Morgan fingerprint density at radius 2 is 2.00 bits per heavy atom. The number of benzene rings is 1. The highest BCUT2D eigenvalue weighted by Crippen LogP contribution is 2.28. The molecule has 4 rings (SSSR count). The first-order chi connectivity index (χ1) is 13.5. The normalized spacial score (nSPS) is 17.1. The summed E-state index contributed by atoms with van der Waals surface area (Å²) in [4.78, 5) is 20.0. The molecule has 28 heavy (non-hydrogen) atoms. The Morgan fingerprint density at radius 1 is 1.21 bits per heavy atom. The van der Waals surface area contributed by atoms with Gasteiger partial charge in [-0.15, -0.1) is 0 Å². The first-order valence-electron chi connectivity index (χ1n) is 9.73. The molecular formula is C22H27N5O. The quantitative estimate of drug-likeness (QED) is 0.764. The van der Waals surface area contributed by atoms with Crippen LogP contribution in [-0.2, 0) is 7.05 Å². The lowest BCUT2D eigenvalue weighted by Gasteiger charge is -2.35. The van der Waals surface area contributed by atoms with E-state index in [2.05, 4.69) is 40.8 Å². The molecule has 3 heterocycles. The van der Waals surface area contributed by atoms with Gasteiger partial charge in [0.2, 0.25) is 0 Å². The van der Waals surface area contributed by atoms with E-state index in [1.165, 1.54) is 5.56 Å². The van der Waals surface area contributed by atoms with E-state index < -0.39 is 0 Å². The van der Waals surface area contributed by atoms with Gasteiger partial charge >= 0.3 is 0 Å². The molecule has 0 saturated carbocycles. The molecule has 6 nitrogen and oxygen atoms in total. The summed E-state index contributed by atoms with van der Waals surface area (Å²) < 4.78 is 4.18. The molecule has 0 aliphatic carbocycles. The van der Waals surface area contributed by atoms with Gasteiger partial charge < -0.3 is 19.4 Å². The number of nitrogens with one attached hydrogen (secondary N) is 1. The van der Waals surface area contributed by atoms with Crippen LogP contribution in [0, 0.1) is 20.8 Å². The third-order valence-corrected chi connectivity index (χ3v) is 5.68. The number of amides is 1. The van der Waals surface area contributed by atoms with Gasteiger partial charge in [-0.05, 0) is 38.5 Å². The summed E-state index contributed by atoms with van der Waals surface area (Å²) in [7, 11) is 1.98. The standard InChI is InChI=1S/C22H27N5O/c1-15-7-5-6-8-19(15)27-16(2)13-18(17(27)3)22(28)26-12-9-23-14-20(26)21-24-10-11-25(21)4/h5-8,10-11,13,20,23H,9,12,14H2,1-4H3. The molecule has 3 aromatic rings. The van der Waals surface area contributed by atoms with Crippen molar-refractivity contribution in [2.75, 3.05) is 19.6 Å². The van der Waals surface area contributed by atoms with Gasteiger partial charge in [-0.2, -0.15) is 0 Å². The third-order valence-electron chi connectivity index (χ3n) is 5.68. The van der Waals surface area contributed by atoms with Crippen LogP contribution >= 0.6 is 0 Å². The van der Waals surface area contributed by atoms with Crippen LogP contribution in [0.5, 0.6) is 0 Å². The summed E-state index contributed by atoms with van der Waals surface area (Å²) in [5.41, 5.74) is 5.13. The molecule has 2 aromatic heterocycles. The summed E-state index contributed by atoms with van der Waals surface area (Å²) >= 11 is 0. The fourth-order valence-corrected chi connectivity index (χ4v) is 4.20. The summed E-state index contributed by atoms with van der Waals surface area (Å²) in [6.45, 7) is 8.37. The molecule has 1 atom stereocenters. The average Bonchev–Trinajstić information content (AvgIpc) is 3.24. The second-order valence-corrected chi connectivity index (χ2v) is 7.52. The molecule has 0 spiro atoms. The molecule has 6 heteroatoms. The average molecular weight is 377 g/mol. The first kappa shape index (κ1) is 18.5. The highest BCUT2D eigenvalue weighted by atomic mass is 16.2. The summed E-state index contributed by atoms with van der Waals surface area (Å²) in [5, 5.41) is 3.40. The van der Waals surface area contributed by atoms with E-state index in [0.717, 1.165) is 35.0 Å². The lowest BCUT2D eigenvalue weighted by Crippen LogP contribution is -2.49. The van der Waals surface area contributed by atoms with Crippen LogP contribution in [0.3, 0.4) is 0 Å². The zero-order valence-corrected chi connectivity index (χ0v) is 16.9. The van der Waals surface area contributed by atoms with Gasteiger partial charge in [-0.25, -0.2) is 4.98 Å². The highest BCUT2D eigenvalue weighted by Gasteiger charge is 2.32. The van der Waals surface area contributed by atoms with Crippen molar-refractivity contribution in [3.8, 4) is 5.69 Å². The Balaban J connectivity index is 1.73. The summed E-state index contributed by atoms with van der Waals surface area (Å²) in [6, 6.07) is 10.2. The van der Waals surface area contributed by atoms with Gasteiger partial charge in [0.25, 0.3) is 5.91 Å². The number of imidazole rings is 1. The Kier molecular flexibility index (Phi) is 4.81. The summed E-state index contributed by atoms with van der Waals surface area (Å²) in [5.74, 6) is 0.982. The maximum atomic E-state index is 13.6. The predicted octanol–water partition coefficient (Wildman–Crippen LogP) is 2.92. The fourth-order valence-electron chi connectivity index (χ4n) is 4.20. The SMILES string of the molecule is Cc1ccccc1-n1c(C)cc(C(=O)N2CCNCC2c2nccn2C)c1C. The molecule has 0 bridgehead atoms. The monoisotopic (exact) mass is 377 g/mol. The third kappa shape index (κ3) is 3.03. The number of rotatable bonds is 3. The Morgan fingerprint density at radius 3 is 2.71 bits per heavy atom.